The van der Waals surface area contributed by atoms with Gasteiger partial charge in [0.25, 0.3) is 5.91 Å². The van der Waals surface area contributed by atoms with E-state index in [1.807, 2.05) is 66.7 Å². The van der Waals surface area contributed by atoms with Crippen LogP contribution in [0.1, 0.15) is 40.1 Å². The first-order valence-corrected chi connectivity index (χ1v) is 10.5. The Morgan fingerprint density at radius 2 is 1.70 bits per heavy atom. The van der Waals surface area contributed by atoms with Crippen LogP contribution in [-0.2, 0) is 13.0 Å². The molecule has 0 saturated heterocycles. The third-order valence-electron chi connectivity index (χ3n) is 4.95. The van der Waals surface area contributed by atoms with Crippen molar-refractivity contribution in [3.63, 3.8) is 0 Å². The van der Waals surface area contributed by atoms with Crippen LogP contribution < -0.4 is 10.6 Å². The summed E-state index contributed by atoms with van der Waals surface area (Å²) in [6, 6.07) is 24.9. The molecule has 30 heavy (non-hydrogen) atoms. The fraction of sp³-hybridized carbons (Fsp3) is 0.240. The van der Waals surface area contributed by atoms with Gasteiger partial charge in [-0.1, -0.05) is 66.2 Å². The average Bonchev–Trinajstić information content (AvgIpc) is 2.77. The Bertz CT molecular complexity index is 945. The quantitative estimate of drug-likeness (QED) is 0.475. The fourth-order valence-electron chi connectivity index (χ4n) is 3.24. The lowest BCUT2D eigenvalue weighted by Gasteiger charge is -2.18. The molecule has 0 fully saturated rings. The number of hydrogen-bond donors (Lipinski definition) is 3. The summed E-state index contributed by atoms with van der Waals surface area (Å²) in [5.41, 5.74) is 3.65. The molecule has 0 saturated carbocycles. The van der Waals surface area contributed by atoms with E-state index in [2.05, 4.69) is 17.6 Å². The van der Waals surface area contributed by atoms with Crippen molar-refractivity contribution in [1.82, 2.24) is 10.6 Å². The summed E-state index contributed by atoms with van der Waals surface area (Å²) in [4.78, 5) is 12.3. The van der Waals surface area contributed by atoms with E-state index in [0.29, 0.717) is 23.7 Å². The summed E-state index contributed by atoms with van der Waals surface area (Å²) in [7, 11) is 0. The number of carbonyl (C=O) groups excluding carboxylic acids is 1. The van der Waals surface area contributed by atoms with E-state index in [4.69, 9.17) is 11.6 Å². The van der Waals surface area contributed by atoms with Crippen LogP contribution in [0.3, 0.4) is 0 Å². The zero-order valence-electron chi connectivity index (χ0n) is 17.0. The Morgan fingerprint density at radius 3 is 2.40 bits per heavy atom. The maximum Gasteiger partial charge on any atom is 0.251 e. The molecule has 0 aromatic heterocycles. The van der Waals surface area contributed by atoms with Crippen LogP contribution in [0.25, 0.3) is 0 Å². The molecule has 3 aromatic rings. The molecule has 1 amide bonds. The topological polar surface area (TPSA) is 61.4 Å². The standard InChI is InChI=1S/C25H27ClN2O2/c1-18(27-17-24(29)22-8-5-9-23(26)15-22)14-19-10-12-21(13-11-19)25(30)28-16-20-6-3-2-4-7-20/h2-13,15,18,24,27,29H,14,16-17H2,1H3,(H,28,30)/t18-,24+/m1/s1. The highest BCUT2D eigenvalue weighted by molar-refractivity contribution is 6.30. The first-order chi connectivity index (χ1) is 14.5. The van der Waals surface area contributed by atoms with Gasteiger partial charge in [-0.25, -0.2) is 0 Å². The lowest BCUT2D eigenvalue weighted by molar-refractivity contribution is 0.0951. The van der Waals surface area contributed by atoms with E-state index in [1.165, 1.54) is 0 Å². The number of benzene rings is 3. The number of nitrogens with one attached hydrogen (secondary N) is 2. The predicted molar refractivity (Wildman–Crippen MR) is 122 cm³/mol. The molecule has 0 aliphatic heterocycles. The number of rotatable bonds is 9. The molecular formula is C25H27ClN2O2. The van der Waals surface area contributed by atoms with Crippen molar-refractivity contribution in [2.24, 2.45) is 0 Å². The molecular weight excluding hydrogens is 396 g/mol. The monoisotopic (exact) mass is 422 g/mol. The zero-order valence-corrected chi connectivity index (χ0v) is 17.8. The molecule has 3 rings (SSSR count). The number of aliphatic hydroxyl groups is 1. The van der Waals surface area contributed by atoms with Gasteiger partial charge in [0.05, 0.1) is 6.10 Å². The largest absolute Gasteiger partial charge is 0.387 e. The minimum atomic E-state index is -0.609. The summed E-state index contributed by atoms with van der Waals surface area (Å²) < 4.78 is 0. The van der Waals surface area contributed by atoms with Gasteiger partial charge in [-0.05, 0) is 54.3 Å². The van der Waals surface area contributed by atoms with Gasteiger partial charge in [-0.2, -0.15) is 0 Å². The molecule has 5 heteroatoms. The van der Waals surface area contributed by atoms with Crippen LogP contribution in [0.4, 0.5) is 0 Å². The zero-order chi connectivity index (χ0) is 21.3. The first kappa shape index (κ1) is 22.0. The van der Waals surface area contributed by atoms with Gasteiger partial charge in [-0.15, -0.1) is 0 Å². The Hall–Kier alpha value is -2.66. The fourth-order valence-corrected chi connectivity index (χ4v) is 3.44. The number of halogens is 1. The number of carbonyl (C=O) groups is 1. The van der Waals surface area contributed by atoms with Crippen LogP contribution >= 0.6 is 11.6 Å². The second kappa shape index (κ2) is 10.9. The number of hydrogen-bond acceptors (Lipinski definition) is 3. The van der Waals surface area contributed by atoms with Crippen molar-refractivity contribution in [2.75, 3.05) is 6.54 Å². The summed E-state index contributed by atoms with van der Waals surface area (Å²) in [6.07, 6.45) is 0.190. The van der Waals surface area contributed by atoms with Crippen molar-refractivity contribution in [1.29, 1.82) is 0 Å². The van der Waals surface area contributed by atoms with Crippen LogP contribution in [0.5, 0.6) is 0 Å². The molecule has 0 spiro atoms. The van der Waals surface area contributed by atoms with E-state index in [0.717, 1.165) is 23.1 Å². The molecule has 156 valence electrons. The molecule has 4 nitrogen and oxygen atoms in total. The van der Waals surface area contributed by atoms with E-state index in [-0.39, 0.29) is 11.9 Å². The van der Waals surface area contributed by atoms with Gasteiger partial charge in [-0.3, -0.25) is 4.79 Å². The lowest BCUT2D eigenvalue weighted by Crippen LogP contribution is -2.32. The molecule has 0 aliphatic rings. The van der Waals surface area contributed by atoms with E-state index >= 15 is 0 Å². The lowest BCUT2D eigenvalue weighted by atomic mass is 10.0. The number of amides is 1. The highest BCUT2D eigenvalue weighted by atomic mass is 35.5. The molecule has 0 heterocycles. The van der Waals surface area contributed by atoms with Crippen molar-refractivity contribution >= 4 is 17.5 Å². The summed E-state index contributed by atoms with van der Waals surface area (Å²) in [5, 5.41) is 17.2. The third-order valence-corrected chi connectivity index (χ3v) is 5.18. The van der Waals surface area contributed by atoms with E-state index in [1.54, 1.807) is 12.1 Å². The smallest absolute Gasteiger partial charge is 0.251 e. The van der Waals surface area contributed by atoms with Gasteiger partial charge < -0.3 is 15.7 Å². The maximum absolute atomic E-state index is 12.3. The van der Waals surface area contributed by atoms with Crippen LogP contribution in [-0.4, -0.2) is 23.6 Å². The van der Waals surface area contributed by atoms with Crippen molar-refractivity contribution < 1.29 is 9.90 Å². The SMILES string of the molecule is C[C@H](Cc1ccc(C(=O)NCc2ccccc2)cc1)NC[C@H](O)c1cccc(Cl)c1. The summed E-state index contributed by atoms with van der Waals surface area (Å²) >= 11 is 5.98. The van der Waals surface area contributed by atoms with Crippen LogP contribution in [0.2, 0.25) is 5.02 Å². The highest BCUT2D eigenvalue weighted by Gasteiger charge is 2.11. The van der Waals surface area contributed by atoms with Crippen molar-refractivity contribution in [3.05, 3.63) is 106 Å². The minimum absolute atomic E-state index is 0.0822. The molecule has 3 N–H and O–H groups in total. The van der Waals surface area contributed by atoms with E-state index in [9.17, 15) is 9.90 Å². The van der Waals surface area contributed by atoms with Gasteiger partial charge in [0.15, 0.2) is 0 Å². The average molecular weight is 423 g/mol. The summed E-state index contributed by atoms with van der Waals surface area (Å²) in [5.74, 6) is -0.0822. The molecule has 0 bridgehead atoms. The van der Waals surface area contributed by atoms with Gasteiger partial charge in [0.1, 0.15) is 0 Å². The molecule has 2 atom stereocenters. The second-order valence-electron chi connectivity index (χ2n) is 7.45. The molecule has 0 radical (unpaired) electrons. The summed E-state index contributed by atoms with van der Waals surface area (Å²) in [6.45, 7) is 3.03. The minimum Gasteiger partial charge on any atom is -0.387 e. The maximum atomic E-state index is 12.3. The van der Waals surface area contributed by atoms with Crippen LogP contribution in [0, 0.1) is 0 Å². The van der Waals surface area contributed by atoms with Gasteiger partial charge in [0.2, 0.25) is 0 Å². The Morgan fingerprint density at radius 1 is 0.967 bits per heavy atom. The van der Waals surface area contributed by atoms with E-state index < -0.39 is 6.10 Å². The number of aliphatic hydroxyl groups excluding tert-OH is 1. The Balaban J connectivity index is 1.45. The Labute approximate surface area is 182 Å². The Kier molecular flexibility index (Phi) is 8.03. The predicted octanol–water partition coefficient (Wildman–Crippen LogP) is 4.52. The molecule has 3 aromatic carbocycles. The van der Waals surface area contributed by atoms with Gasteiger partial charge in [0, 0.05) is 29.7 Å². The third kappa shape index (κ3) is 6.70. The highest BCUT2D eigenvalue weighted by Crippen LogP contribution is 2.17. The molecule has 0 aliphatic carbocycles. The second-order valence-corrected chi connectivity index (χ2v) is 7.89. The van der Waals surface area contributed by atoms with Gasteiger partial charge >= 0.3 is 0 Å². The van der Waals surface area contributed by atoms with Crippen molar-refractivity contribution in [3.8, 4) is 0 Å². The van der Waals surface area contributed by atoms with Crippen LogP contribution in [0.15, 0.2) is 78.9 Å². The normalized spacial score (nSPS) is 12.9. The van der Waals surface area contributed by atoms with Crippen molar-refractivity contribution in [2.45, 2.75) is 32.0 Å². The first-order valence-electron chi connectivity index (χ1n) is 10.1. The molecule has 0 unspecified atom stereocenters.